The number of nitrogens with one attached hydrogen (secondary N) is 1. The van der Waals surface area contributed by atoms with Gasteiger partial charge < -0.3 is 5.73 Å². The minimum absolute atomic E-state index is 0.0322. The van der Waals surface area contributed by atoms with Gasteiger partial charge in [-0.25, -0.2) is 26.7 Å². The van der Waals surface area contributed by atoms with Crippen LogP contribution in [0.15, 0.2) is 23.1 Å². The summed E-state index contributed by atoms with van der Waals surface area (Å²) < 4.78 is 48.2. The Kier molecular flexibility index (Phi) is 5.82. The lowest BCUT2D eigenvalue weighted by Gasteiger charge is -2.10. The normalized spacial score (nSPS) is 12.3. The Hall–Kier alpha value is -1.07. The summed E-state index contributed by atoms with van der Waals surface area (Å²) >= 11 is 4.82. The van der Waals surface area contributed by atoms with Gasteiger partial charge in [-0.2, -0.15) is 0 Å². The van der Waals surface area contributed by atoms with Crippen LogP contribution in [0.4, 0.5) is 0 Å². The highest BCUT2D eigenvalue weighted by molar-refractivity contribution is 7.89. The molecule has 1 rings (SSSR count). The summed E-state index contributed by atoms with van der Waals surface area (Å²) in [6.45, 7) is 1.61. The summed E-state index contributed by atoms with van der Waals surface area (Å²) in [6.07, 6.45) is 0.0894. The molecule has 0 saturated heterocycles. The summed E-state index contributed by atoms with van der Waals surface area (Å²) in [5.74, 6) is -0.290. The van der Waals surface area contributed by atoms with E-state index in [-0.39, 0.29) is 28.6 Å². The molecule has 0 amide bonds. The van der Waals surface area contributed by atoms with Crippen LogP contribution in [0.1, 0.15) is 17.5 Å². The molecule has 0 spiro atoms. The number of primary sulfonamides is 1. The Bertz CT molecular complexity index is 742. The second-order valence-corrected chi connectivity index (χ2v) is 8.37. The van der Waals surface area contributed by atoms with Crippen LogP contribution in [-0.4, -0.2) is 34.1 Å². The Morgan fingerprint density at radius 1 is 1.29 bits per heavy atom. The highest BCUT2D eigenvalue weighted by Gasteiger charge is 2.17. The summed E-state index contributed by atoms with van der Waals surface area (Å²) in [4.78, 5) is 0.157. The van der Waals surface area contributed by atoms with E-state index in [1.54, 1.807) is 19.1 Å². The van der Waals surface area contributed by atoms with Crippen molar-refractivity contribution in [2.24, 2.45) is 10.9 Å². The molecule has 0 aliphatic rings. The molecule has 0 heterocycles. The zero-order chi connectivity index (χ0) is 16.3. The molecule has 5 N–H and O–H groups in total. The number of hydrogen-bond donors (Lipinski definition) is 3. The van der Waals surface area contributed by atoms with E-state index >= 15 is 0 Å². The van der Waals surface area contributed by atoms with Crippen molar-refractivity contribution < 1.29 is 16.8 Å². The molecule has 0 saturated carbocycles. The van der Waals surface area contributed by atoms with Gasteiger partial charge in [0, 0.05) is 12.1 Å². The highest BCUT2D eigenvalue weighted by Crippen LogP contribution is 2.17. The van der Waals surface area contributed by atoms with E-state index in [4.69, 9.17) is 23.1 Å². The SMILES string of the molecule is Cc1ccc(C(N)=S)cc1S(=O)(=O)NCCCS(N)(=O)=O. The van der Waals surface area contributed by atoms with Gasteiger partial charge in [0.2, 0.25) is 20.0 Å². The molecule has 7 nitrogen and oxygen atoms in total. The zero-order valence-corrected chi connectivity index (χ0v) is 13.8. The van der Waals surface area contributed by atoms with Gasteiger partial charge in [-0.1, -0.05) is 24.4 Å². The molecule has 0 radical (unpaired) electrons. The second-order valence-electron chi connectivity index (χ2n) is 4.46. The molecular weight excluding hydrogens is 334 g/mol. The number of sulfonamides is 2. The van der Waals surface area contributed by atoms with Crippen LogP contribution in [0.2, 0.25) is 0 Å². The number of rotatable bonds is 7. The minimum atomic E-state index is -3.77. The average Bonchev–Trinajstić information content (AvgIpc) is 2.33. The van der Waals surface area contributed by atoms with Crippen molar-refractivity contribution in [3.8, 4) is 0 Å². The summed E-state index contributed by atoms with van der Waals surface area (Å²) in [5, 5.41) is 4.84. The van der Waals surface area contributed by atoms with Gasteiger partial charge in [0.1, 0.15) is 4.99 Å². The van der Waals surface area contributed by atoms with Gasteiger partial charge in [-0.15, -0.1) is 0 Å². The van der Waals surface area contributed by atoms with Crippen molar-refractivity contribution in [3.05, 3.63) is 29.3 Å². The molecular formula is C11H17N3O4S3. The molecule has 0 atom stereocenters. The Labute approximate surface area is 129 Å². The topological polar surface area (TPSA) is 132 Å². The minimum Gasteiger partial charge on any atom is -0.389 e. The lowest BCUT2D eigenvalue weighted by atomic mass is 10.1. The maximum Gasteiger partial charge on any atom is 0.240 e. The number of thiocarbonyl (C=S) groups is 1. The first-order valence-corrected chi connectivity index (χ1v) is 9.54. The third-order valence-corrected chi connectivity index (χ3v) is 5.36. The number of aryl methyl sites for hydroxylation is 1. The van der Waals surface area contributed by atoms with Crippen LogP contribution < -0.4 is 15.6 Å². The van der Waals surface area contributed by atoms with Gasteiger partial charge >= 0.3 is 0 Å². The number of nitrogens with two attached hydrogens (primary N) is 2. The maximum atomic E-state index is 12.2. The van der Waals surface area contributed by atoms with E-state index < -0.39 is 20.0 Å². The Morgan fingerprint density at radius 2 is 1.90 bits per heavy atom. The van der Waals surface area contributed by atoms with Crippen LogP contribution in [0, 0.1) is 6.92 Å². The third-order valence-electron chi connectivity index (χ3n) is 2.66. The van der Waals surface area contributed by atoms with Crippen molar-refractivity contribution in [2.75, 3.05) is 12.3 Å². The molecule has 0 aliphatic heterocycles. The van der Waals surface area contributed by atoms with Crippen LogP contribution in [-0.2, 0) is 20.0 Å². The molecule has 0 aliphatic carbocycles. The van der Waals surface area contributed by atoms with E-state index in [9.17, 15) is 16.8 Å². The molecule has 1 aromatic carbocycles. The largest absolute Gasteiger partial charge is 0.389 e. The van der Waals surface area contributed by atoms with Crippen molar-refractivity contribution in [3.63, 3.8) is 0 Å². The van der Waals surface area contributed by atoms with Gasteiger partial charge in [0.05, 0.1) is 10.6 Å². The third kappa shape index (κ3) is 5.67. The van der Waals surface area contributed by atoms with Gasteiger partial charge in [-0.3, -0.25) is 0 Å². The summed E-state index contributed by atoms with van der Waals surface area (Å²) in [6, 6.07) is 4.63. The monoisotopic (exact) mass is 351 g/mol. The molecule has 21 heavy (non-hydrogen) atoms. The highest BCUT2D eigenvalue weighted by atomic mass is 32.2. The van der Waals surface area contributed by atoms with Crippen LogP contribution in [0.5, 0.6) is 0 Å². The molecule has 0 unspecified atom stereocenters. The lowest BCUT2D eigenvalue weighted by Crippen LogP contribution is -2.28. The standard InChI is InChI=1S/C11H17N3O4S3/c1-8-3-4-9(11(12)19)7-10(8)21(17,18)14-5-2-6-20(13,15)16/h3-4,7,14H,2,5-6H2,1H3,(H2,12,19)(H2,13,15,16). The number of hydrogen-bond acceptors (Lipinski definition) is 5. The van der Waals surface area contributed by atoms with Crippen molar-refractivity contribution in [1.29, 1.82) is 0 Å². The van der Waals surface area contributed by atoms with Crippen molar-refractivity contribution in [1.82, 2.24) is 4.72 Å². The smallest absolute Gasteiger partial charge is 0.240 e. The van der Waals surface area contributed by atoms with Crippen LogP contribution in [0.3, 0.4) is 0 Å². The quantitative estimate of drug-likeness (QED) is 0.452. The van der Waals surface area contributed by atoms with E-state index in [0.717, 1.165) is 0 Å². The predicted molar refractivity (Wildman–Crippen MR) is 84.8 cm³/mol. The predicted octanol–water partition coefficient (Wildman–Crippen LogP) is -0.414. The summed E-state index contributed by atoms with van der Waals surface area (Å²) in [7, 11) is -7.37. The number of benzene rings is 1. The molecule has 0 aromatic heterocycles. The van der Waals surface area contributed by atoms with E-state index in [1.807, 2.05) is 0 Å². The fourth-order valence-electron chi connectivity index (χ4n) is 1.60. The Morgan fingerprint density at radius 3 is 2.43 bits per heavy atom. The van der Waals surface area contributed by atoms with Crippen molar-refractivity contribution in [2.45, 2.75) is 18.2 Å². The molecule has 0 fully saturated rings. The van der Waals surface area contributed by atoms with E-state index in [1.165, 1.54) is 6.07 Å². The average molecular weight is 351 g/mol. The van der Waals surface area contributed by atoms with Gasteiger partial charge in [0.25, 0.3) is 0 Å². The van der Waals surface area contributed by atoms with E-state index in [0.29, 0.717) is 11.1 Å². The first-order chi connectivity index (χ1) is 9.53. The maximum absolute atomic E-state index is 12.2. The Balaban J connectivity index is 2.88. The molecule has 118 valence electrons. The molecule has 1 aromatic rings. The fraction of sp³-hybridized carbons (Fsp3) is 0.364. The van der Waals surface area contributed by atoms with E-state index in [2.05, 4.69) is 4.72 Å². The van der Waals surface area contributed by atoms with Crippen molar-refractivity contribution >= 4 is 37.3 Å². The van der Waals surface area contributed by atoms with Crippen LogP contribution in [0.25, 0.3) is 0 Å². The van der Waals surface area contributed by atoms with Crippen LogP contribution >= 0.6 is 12.2 Å². The fourth-order valence-corrected chi connectivity index (χ4v) is 3.62. The first kappa shape index (κ1) is 18.0. The second kappa shape index (κ2) is 6.79. The lowest BCUT2D eigenvalue weighted by molar-refractivity contribution is 0.576. The van der Waals surface area contributed by atoms with Gasteiger partial charge in [-0.05, 0) is 25.0 Å². The zero-order valence-electron chi connectivity index (χ0n) is 11.4. The molecule has 10 heteroatoms. The summed E-state index contributed by atoms with van der Waals surface area (Å²) in [5.41, 5.74) is 6.46. The first-order valence-electron chi connectivity index (χ1n) is 5.93. The molecule has 0 bridgehead atoms. The van der Waals surface area contributed by atoms with Gasteiger partial charge in [0.15, 0.2) is 0 Å².